The fourth-order valence-corrected chi connectivity index (χ4v) is 3.47. The Kier molecular flexibility index (Phi) is 5.44. The monoisotopic (exact) mass is 392 g/mol. The Bertz CT molecular complexity index is 993. The maximum absolute atomic E-state index is 13.4. The zero-order valence-corrected chi connectivity index (χ0v) is 16.0. The van der Waals surface area contributed by atoms with Crippen molar-refractivity contribution in [3.05, 3.63) is 89.7 Å². The van der Waals surface area contributed by atoms with Gasteiger partial charge in [0.25, 0.3) is 0 Å². The molecule has 6 heteroatoms. The van der Waals surface area contributed by atoms with Gasteiger partial charge >= 0.3 is 0 Å². The van der Waals surface area contributed by atoms with Gasteiger partial charge < -0.3 is 14.8 Å². The average molecular weight is 392 g/mol. The Balaban J connectivity index is 1.50. The summed E-state index contributed by atoms with van der Waals surface area (Å²) in [6.07, 6.45) is 0. The maximum atomic E-state index is 13.4. The number of benzene rings is 3. The predicted molar refractivity (Wildman–Crippen MR) is 109 cm³/mol. The van der Waals surface area contributed by atoms with Crippen molar-refractivity contribution >= 4 is 11.6 Å². The highest BCUT2D eigenvalue weighted by Gasteiger charge is 2.22. The number of rotatable bonds is 6. The molecule has 148 valence electrons. The molecule has 1 unspecified atom stereocenters. The minimum absolute atomic E-state index is 0.158. The third-order valence-corrected chi connectivity index (χ3v) is 4.79. The highest BCUT2D eigenvalue weighted by atomic mass is 19.1. The first-order chi connectivity index (χ1) is 14.1. The van der Waals surface area contributed by atoms with Gasteiger partial charge in [0, 0.05) is 11.8 Å². The van der Waals surface area contributed by atoms with E-state index in [9.17, 15) is 9.18 Å². The van der Waals surface area contributed by atoms with E-state index in [0.717, 1.165) is 11.1 Å². The van der Waals surface area contributed by atoms with Gasteiger partial charge in [-0.05, 0) is 42.4 Å². The number of amides is 1. The fraction of sp³-hybridized carbons (Fsp3) is 0.174. The normalized spacial score (nSPS) is 13.3. The third kappa shape index (κ3) is 4.38. The Labute approximate surface area is 168 Å². The highest BCUT2D eigenvalue weighted by Crippen LogP contribution is 2.34. The van der Waals surface area contributed by atoms with Crippen LogP contribution < -0.4 is 14.8 Å². The first kappa shape index (κ1) is 19.0. The molecule has 0 bridgehead atoms. The van der Waals surface area contributed by atoms with E-state index < -0.39 is 0 Å². The molecule has 5 nitrogen and oxygen atoms in total. The Morgan fingerprint density at radius 1 is 1.00 bits per heavy atom. The van der Waals surface area contributed by atoms with E-state index in [1.807, 2.05) is 42.3 Å². The SMILES string of the molecule is CN(CC(=O)Nc1ccc2c(c1)OCO2)C(c1ccccc1)c1ccc(F)cc1. The lowest BCUT2D eigenvalue weighted by Crippen LogP contribution is -2.34. The number of likely N-dealkylation sites (N-methyl/N-ethyl adjacent to an activating group) is 1. The fourth-order valence-electron chi connectivity index (χ4n) is 3.47. The number of hydrogen-bond acceptors (Lipinski definition) is 4. The Morgan fingerprint density at radius 3 is 2.45 bits per heavy atom. The minimum atomic E-state index is -0.288. The van der Waals surface area contributed by atoms with Gasteiger partial charge in [-0.15, -0.1) is 0 Å². The first-order valence-corrected chi connectivity index (χ1v) is 9.30. The molecule has 3 aromatic rings. The molecule has 1 aliphatic rings. The summed E-state index contributed by atoms with van der Waals surface area (Å²) in [6.45, 7) is 0.345. The molecular weight excluding hydrogens is 371 g/mol. The third-order valence-electron chi connectivity index (χ3n) is 4.79. The topological polar surface area (TPSA) is 50.8 Å². The van der Waals surface area contributed by atoms with E-state index in [1.54, 1.807) is 30.3 Å². The van der Waals surface area contributed by atoms with Crippen LogP contribution in [-0.4, -0.2) is 31.2 Å². The summed E-state index contributed by atoms with van der Waals surface area (Å²) in [5.41, 5.74) is 2.58. The molecule has 1 amide bonds. The summed E-state index contributed by atoms with van der Waals surface area (Å²) >= 11 is 0. The molecule has 0 radical (unpaired) electrons. The van der Waals surface area contributed by atoms with E-state index in [0.29, 0.717) is 17.2 Å². The standard InChI is InChI=1S/C23H21FN2O3/c1-26(14-22(27)25-19-11-12-20-21(13-19)29-15-28-20)23(16-5-3-2-4-6-16)17-7-9-18(24)10-8-17/h2-13,23H,14-15H2,1H3,(H,25,27). The van der Waals surface area contributed by atoms with Crippen LogP contribution >= 0.6 is 0 Å². The zero-order chi connectivity index (χ0) is 20.2. The van der Waals surface area contributed by atoms with Crippen LogP contribution in [0.2, 0.25) is 0 Å². The van der Waals surface area contributed by atoms with Gasteiger partial charge in [-0.25, -0.2) is 4.39 Å². The Morgan fingerprint density at radius 2 is 1.69 bits per heavy atom. The summed E-state index contributed by atoms with van der Waals surface area (Å²) < 4.78 is 24.0. The molecular formula is C23H21FN2O3. The number of nitrogens with zero attached hydrogens (tertiary/aromatic N) is 1. The zero-order valence-electron chi connectivity index (χ0n) is 16.0. The van der Waals surface area contributed by atoms with Gasteiger partial charge in [-0.2, -0.15) is 0 Å². The average Bonchev–Trinajstić information content (AvgIpc) is 3.18. The molecule has 0 aromatic heterocycles. The number of fused-ring (bicyclic) bond motifs is 1. The molecule has 29 heavy (non-hydrogen) atoms. The van der Waals surface area contributed by atoms with Crippen molar-refractivity contribution in [3.63, 3.8) is 0 Å². The van der Waals surface area contributed by atoms with E-state index in [4.69, 9.17) is 9.47 Å². The Hall–Kier alpha value is -3.38. The van der Waals surface area contributed by atoms with Gasteiger partial charge in [0.1, 0.15) is 5.82 Å². The second-order valence-electron chi connectivity index (χ2n) is 6.90. The van der Waals surface area contributed by atoms with Gasteiger partial charge in [0.15, 0.2) is 11.5 Å². The predicted octanol–water partition coefficient (Wildman–Crippen LogP) is 4.21. The summed E-state index contributed by atoms with van der Waals surface area (Å²) in [6, 6.07) is 21.3. The number of nitrogens with one attached hydrogen (secondary N) is 1. The summed E-state index contributed by atoms with van der Waals surface area (Å²) in [5, 5.41) is 2.89. The van der Waals surface area contributed by atoms with Crippen molar-refractivity contribution in [3.8, 4) is 11.5 Å². The number of carbonyl (C=O) groups excluding carboxylic acids is 1. The van der Waals surface area contributed by atoms with Gasteiger partial charge in [-0.3, -0.25) is 9.69 Å². The summed E-state index contributed by atoms with van der Waals surface area (Å²) in [4.78, 5) is 14.6. The van der Waals surface area contributed by atoms with Crippen LogP contribution in [0.25, 0.3) is 0 Å². The number of hydrogen-bond donors (Lipinski definition) is 1. The van der Waals surface area contributed by atoms with Crippen LogP contribution in [0.5, 0.6) is 11.5 Å². The van der Waals surface area contributed by atoms with Crippen molar-refractivity contribution in [2.24, 2.45) is 0 Å². The van der Waals surface area contributed by atoms with Crippen LogP contribution in [0.15, 0.2) is 72.8 Å². The molecule has 0 saturated carbocycles. The van der Waals surface area contributed by atoms with Crippen LogP contribution in [0.3, 0.4) is 0 Å². The number of ether oxygens (including phenoxy) is 2. The van der Waals surface area contributed by atoms with Crippen molar-refractivity contribution in [1.29, 1.82) is 0 Å². The lowest BCUT2D eigenvalue weighted by atomic mass is 9.97. The molecule has 0 spiro atoms. The number of halogens is 1. The van der Waals surface area contributed by atoms with Crippen molar-refractivity contribution in [2.75, 3.05) is 25.7 Å². The van der Waals surface area contributed by atoms with E-state index in [1.165, 1.54) is 12.1 Å². The lowest BCUT2D eigenvalue weighted by Gasteiger charge is -2.28. The quantitative estimate of drug-likeness (QED) is 0.683. The second kappa shape index (κ2) is 8.32. The van der Waals surface area contributed by atoms with Crippen LogP contribution in [0, 0.1) is 5.82 Å². The smallest absolute Gasteiger partial charge is 0.238 e. The molecule has 4 rings (SSSR count). The largest absolute Gasteiger partial charge is 0.454 e. The van der Waals surface area contributed by atoms with Gasteiger partial charge in [-0.1, -0.05) is 42.5 Å². The van der Waals surface area contributed by atoms with E-state index in [-0.39, 0.29) is 31.1 Å². The molecule has 0 aliphatic carbocycles. The summed E-state index contributed by atoms with van der Waals surface area (Å²) in [7, 11) is 1.88. The molecule has 0 fully saturated rings. The first-order valence-electron chi connectivity index (χ1n) is 9.30. The van der Waals surface area contributed by atoms with Gasteiger partial charge in [0.2, 0.25) is 12.7 Å². The van der Waals surface area contributed by atoms with Gasteiger partial charge in [0.05, 0.1) is 12.6 Å². The van der Waals surface area contributed by atoms with Crippen molar-refractivity contribution < 1.29 is 18.7 Å². The second-order valence-corrected chi connectivity index (χ2v) is 6.90. The van der Waals surface area contributed by atoms with Crippen molar-refractivity contribution in [1.82, 2.24) is 4.90 Å². The molecule has 1 atom stereocenters. The van der Waals surface area contributed by atoms with E-state index >= 15 is 0 Å². The maximum Gasteiger partial charge on any atom is 0.238 e. The van der Waals surface area contributed by atoms with Crippen LogP contribution in [-0.2, 0) is 4.79 Å². The summed E-state index contributed by atoms with van der Waals surface area (Å²) in [5.74, 6) is 0.836. The molecule has 1 N–H and O–H groups in total. The highest BCUT2D eigenvalue weighted by molar-refractivity contribution is 5.92. The molecule has 1 heterocycles. The molecule has 3 aromatic carbocycles. The number of anilines is 1. The molecule has 1 aliphatic heterocycles. The lowest BCUT2D eigenvalue weighted by molar-refractivity contribution is -0.117. The molecule has 0 saturated heterocycles. The minimum Gasteiger partial charge on any atom is -0.454 e. The van der Waals surface area contributed by atoms with Crippen LogP contribution in [0.4, 0.5) is 10.1 Å². The van der Waals surface area contributed by atoms with Crippen LogP contribution in [0.1, 0.15) is 17.2 Å². The number of carbonyl (C=O) groups is 1. The van der Waals surface area contributed by atoms with E-state index in [2.05, 4.69) is 5.32 Å². The van der Waals surface area contributed by atoms with Crippen molar-refractivity contribution in [2.45, 2.75) is 6.04 Å².